The number of nitrogens with zero attached hydrogens (tertiary/aromatic N) is 1. The quantitative estimate of drug-likeness (QED) is 0.656. The van der Waals surface area contributed by atoms with Crippen LogP contribution < -0.4 is 5.32 Å². The van der Waals surface area contributed by atoms with Crippen LogP contribution in [0.15, 0.2) is 12.1 Å². The van der Waals surface area contributed by atoms with Crippen LogP contribution >= 0.6 is 11.6 Å². The number of rotatable bonds is 3. The number of esters is 1. The van der Waals surface area contributed by atoms with Gasteiger partial charge in [-0.15, -0.1) is 0 Å². The summed E-state index contributed by atoms with van der Waals surface area (Å²) >= 11 is 5.98. The standard InChI is InChI=1S/C16H12ClF3N2O3/c1-6-4-8(18)11(14(20)13(6)19)9-5-10(21-7(2)23)12(17)15(22-9)16(24)25-3/h4-5H,1-3H3,(H,21,22,23). The number of amides is 1. The lowest BCUT2D eigenvalue weighted by atomic mass is 10.1. The van der Waals surface area contributed by atoms with Crippen LogP contribution in [0.3, 0.4) is 0 Å². The number of ether oxygens (including phenoxy) is 1. The molecule has 1 aromatic carbocycles. The minimum atomic E-state index is -1.48. The van der Waals surface area contributed by atoms with Crippen LogP contribution in [0.25, 0.3) is 11.3 Å². The number of halogens is 4. The fraction of sp³-hybridized carbons (Fsp3) is 0.188. The number of carbonyl (C=O) groups is 2. The van der Waals surface area contributed by atoms with Crippen molar-refractivity contribution in [3.05, 3.63) is 45.9 Å². The molecule has 0 aliphatic heterocycles. The van der Waals surface area contributed by atoms with Gasteiger partial charge in [0.25, 0.3) is 0 Å². The van der Waals surface area contributed by atoms with Gasteiger partial charge in [-0.05, 0) is 24.6 Å². The van der Waals surface area contributed by atoms with Crippen molar-refractivity contribution in [2.75, 3.05) is 12.4 Å². The predicted molar refractivity (Wildman–Crippen MR) is 84.9 cm³/mol. The maximum Gasteiger partial charge on any atom is 0.358 e. The first kappa shape index (κ1) is 18.7. The summed E-state index contributed by atoms with van der Waals surface area (Å²) in [5.74, 6) is -5.36. The van der Waals surface area contributed by atoms with Crippen molar-refractivity contribution in [3.8, 4) is 11.3 Å². The maximum atomic E-state index is 14.2. The molecule has 0 saturated carbocycles. The fourth-order valence-corrected chi connectivity index (χ4v) is 2.34. The molecule has 0 fully saturated rings. The van der Waals surface area contributed by atoms with E-state index in [4.69, 9.17) is 11.6 Å². The number of hydrogen-bond acceptors (Lipinski definition) is 4. The summed E-state index contributed by atoms with van der Waals surface area (Å²) in [6.45, 7) is 2.37. The summed E-state index contributed by atoms with van der Waals surface area (Å²) < 4.78 is 46.8. The molecular weight excluding hydrogens is 361 g/mol. The van der Waals surface area contributed by atoms with Gasteiger partial charge >= 0.3 is 5.97 Å². The minimum Gasteiger partial charge on any atom is -0.464 e. The number of aromatic nitrogens is 1. The van der Waals surface area contributed by atoms with Gasteiger partial charge in [-0.1, -0.05) is 11.6 Å². The van der Waals surface area contributed by atoms with Crippen LogP contribution in [-0.4, -0.2) is 24.0 Å². The average Bonchev–Trinajstić information content (AvgIpc) is 2.54. The average molecular weight is 373 g/mol. The summed E-state index contributed by atoms with van der Waals surface area (Å²) in [6.07, 6.45) is 0. The van der Waals surface area contributed by atoms with E-state index in [-0.39, 0.29) is 16.3 Å². The molecule has 0 spiro atoms. The van der Waals surface area contributed by atoms with E-state index in [9.17, 15) is 22.8 Å². The molecule has 0 saturated heterocycles. The lowest BCUT2D eigenvalue weighted by Crippen LogP contribution is -2.12. The van der Waals surface area contributed by atoms with Crippen molar-refractivity contribution in [2.24, 2.45) is 0 Å². The Hall–Kier alpha value is -2.61. The Balaban J connectivity index is 2.80. The summed E-state index contributed by atoms with van der Waals surface area (Å²) in [4.78, 5) is 26.9. The largest absolute Gasteiger partial charge is 0.464 e. The van der Waals surface area contributed by atoms with Gasteiger partial charge in [0.05, 0.1) is 29.1 Å². The number of methoxy groups -OCH3 is 1. The van der Waals surface area contributed by atoms with Gasteiger partial charge in [0.2, 0.25) is 5.91 Å². The molecular formula is C16H12ClF3N2O3. The molecule has 2 aromatic rings. The molecule has 9 heteroatoms. The molecule has 0 unspecified atom stereocenters. The van der Waals surface area contributed by atoms with E-state index < -0.39 is 46.3 Å². The number of carbonyl (C=O) groups excluding carboxylic acids is 2. The Morgan fingerprint density at radius 1 is 1.20 bits per heavy atom. The van der Waals surface area contributed by atoms with Gasteiger partial charge in [0.15, 0.2) is 17.3 Å². The maximum absolute atomic E-state index is 14.2. The van der Waals surface area contributed by atoms with Crippen LogP contribution in [0.5, 0.6) is 0 Å². The van der Waals surface area contributed by atoms with Crippen molar-refractivity contribution in [1.82, 2.24) is 4.98 Å². The Bertz CT molecular complexity index is 888. The number of anilines is 1. The molecule has 1 aromatic heterocycles. The zero-order valence-corrected chi connectivity index (χ0v) is 14.1. The third kappa shape index (κ3) is 3.58. The van der Waals surface area contributed by atoms with Gasteiger partial charge in [-0.2, -0.15) is 0 Å². The second kappa shape index (κ2) is 7.10. The Morgan fingerprint density at radius 2 is 1.84 bits per heavy atom. The molecule has 2 rings (SSSR count). The molecule has 1 amide bonds. The highest BCUT2D eigenvalue weighted by Gasteiger charge is 2.24. The highest BCUT2D eigenvalue weighted by molar-refractivity contribution is 6.36. The van der Waals surface area contributed by atoms with Crippen LogP contribution in [0.1, 0.15) is 23.0 Å². The van der Waals surface area contributed by atoms with E-state index in [2.05, 4.69) is 15.0 Å². The topological polar surface area (TPSA) is 68.3 Å². The SMILES string of the molecule is COC(=O)c1nc(-c2c(F)cc(C)c(F)c2F)cc(NC(C)=O)c1Cl. The van der Waals surface area contributed by atoms with E-state index in [1.54, 1.807) is 0 Å². The predicted octanol–water partition coefficient (Wildman–Crippen LogP) is 3.87. The monoisotopic (exact) mass is 372 g/mol. The first-order valence-corrected chi connectivity index (χ1v) is 7.26. The van der Waals surface area contributed by atoms with Crippen LogP contribution in [-0.2, 0) is 9.53 Å². The third-order valence-corrected chi connectivity index (χ3v) is 3.63. The van der Waals surface area contributed by atoms with Gasteiger partial charge in [-0.3, -0.25) is 4.79 Å². The molecule has 1 heterocycles. The number of benzene rings is 1. The minimum absolute atomic E-state index is 0.126. The van der Waals surface area contributed by atoms with Gasteiger partial charge in [-0.25, -0.2) is 22.9 Å². The Morgan fingerprint density at radius 3 is 2.40 bits per heavy atom. The molecule has 1 N–H and O–H groups in total. The van der Waals surface area contributed by atoms with Gasteiger partial charge in [0, 0.05) is 6.92 Å². The molecule has 0 aliphatic rings. The van der Waals surface area contributed by atoms with E-state index in [0.717, 1.165) is 19.2 Å². The molecule has 5 nitrogen and oxygen atoms in total. The first-order valence-electron chi connectivity index (χ1n) is 6.88. The second-order valence-electron chi connectivity index (χ2n) is 5.07. The number of pyridine rings is 1. The van der Waals surface area contributed by atoms with Crippen molar-refractivity contribution in [2.45, 2.75) is 13.8 Å². The van der Waals surface area contributed by atoms with Gasteiger partial charge in [0.1, 0.15) is 5.82 Å². The summed E-state index contributed by atoms with van der Waals surface area (Å²) in [5, 5.41) is 2.03. The summed E-state index contributed by atoms with van der Waals surface area (Å²) in [7, 11) is 1.05. The van der Waals surface area contributed by atoms with E-state index >= 15 is 0 Å². The Kier molecular flexibility index (Phi) is 5.32. The van der Waals surface area contributed by atoms with Crippen molar-refractivity contribution < 1.29 is 27.5 Å². The van der Waals surface area contributed by atoms with E-state index in [0.29, 0.717) is 0 Å². The first-order chi connectivity index (χ1) is 11.7. The van der Waals surface area contributed by atoms with Crippen molar-refractivity contribution >= 4 is 29.2 Å². The molecule has 25 heavy (non-hydrogen) atoms. The van der Waals surface area contributed by atoms with Gasteiger partial charge < -0.3 is 10.1 Å². The number of nitrogens with one attached hydrogen (secondary N) is 1. The third-order valence-electron chi connectivity index (χ3n) is 3.24. The Labute approximate surface area is 145 Å². The van der Waals surface area contributed by atoms with E-state index in [1.165, 1.54) is 13.8 Å². The zero-order valence-electron chi connectivity index (χ0n) is 13.3. The van der Waals surface area contributed by atoms with Crippen LogP contribution in [0.4, 0.5) is 18.9 Å². The number of hydrogen-bond donors (Lipinski definition) is 1. The number of aryl methyl sites for hydroxylation is 1. The normalized spacial score (nSPS) is 10.5. The van der Waals surface area contributed by atoms with Crippen molar-refractivity contribution in [1.29, 1.82) is 0 Å². The zero-order chi connectivity index (χ0) is 18.9. The van der Waals surface area contributed by atoms with Crippen molar-refractivity contribution in [3.63, 3.8) is 0 Å². The molecule has 132 valence electrons. The second-order valence-corrected chi connectivity index (χ2v) is 5.45. The van der Waals surface area contributed by atoms with Crippen LogP contribution in [0, 0.1) is 24.4 Å². The van der Waals surface area contributed by atoms with Crippen LogP contribution in [0.2, 0.25) is 5.02 Å². The molecule has 0 radical (unpaired) electrons. The smallest absolute Gasteiger partial charge is 0.358 e. The molecule has 0 bridgehead atoms. The van der Waals surface area contributed by atoms with E-state index in [1.807, 2.05) is 0 Å². The lowest BCUT2D eigenvalue weighted by Gasteiger charge is -2.13. The lowest BCUT2D eigenvalue weighted by molar-refractivity contribution is -0.114. The molecule has 0 aliphatic carbocycles. The fourth-order valence-electron chi connectivity index (χ4n) is 2.12. The summed E-state index contributed by atoms with van der Waals surface area (Å²) in [6, 6.07) is 1.83. The summed E-state index contributed by atoms with van der Waals surface area (Å²) in [5.41, 5.74) is -2.06. The highest BCUT2D eigenvalue weighted by Crippen LogP contribution is 2.34. The highest BCUT2D eigenvalue weighted by atomic mass is 35.5. The molecule has 0 atom stereocenters.